The van der Waals surface area contributed by atoms with Crippen molar-refractivity contribution in [3.05, 3.63) is 0 Å². The van der Waals surface area contributed by atoms with E-state index < -0.39 is 6.10 Å². The molecule has 0 aromatic rings. The van der Waals surface area contributed by atoms with Gasteiger partial charge in [-0.3, -0.25) is 0 Å². The third kappa shape index (κ3) is 1.24. The van der Waals surface area contributed by atoms with Crippen LogP contribution in [0.5, 0.6) is 0 Å². The monoisotopic (exact) mass is 126 g/mol. The molecule has 0 spiro atoms. The summed E-state index contributed by atoms with van der Waals surface area (Å²) in [5.41, 5.74) is -0.358. The van der Waals surface area contributed by atoms with Gasteiger partial charge in [0.25, 0.3) is 0 Å². The van der Waals surface area contributed by atoms with Gasteiger partial charge in [-0.15, -0.1) is 5.92 Å². The van der Waals surface area contributed by atoms with Gasteiger partial charge in [0, 0.05) is 0 Å². The van der Waals surface area contributed by atoms with Gasteiger partial charge in [0.2, 0.25) is 0 Å². The lowest BCUT2D eigenvalue weighted by atomic mass is 10.1. The van der Waals surface area contributed by atoms with Crippen molar-refractivity contribution < 1.29 is 9.84 Å². The number of hydrogen-bond donors (Lipinski definition) is 1. The molecule has 0 amide bonds. The molecular formula is C7H10O2. The molecule has 1 fully saturated rings. The first-order chi connectivity index (χ1) is 4.19. The minimum absolute atomic E-state index is 0.358. The van der Waals surface area contributed by atoms with E-state index in [0.717, 1.165) is 0 Å². The fourth-order valence-electron chi connectivity index (χ4n) is 0.561. The standard InChI is InChI=1S/C7H10O2/c1-3-4-6(8)7(2)5-9-7/h6,8H,5H2,1-2H3. The van der Waals surface area contributed by atoms with Crippen LogP contribution in [0.2, 0.25) is 0 Å². The topological polar surface area (TPSA) is 32.8 Å². The molecule has 1 aliphatic heterocycles. The Bertz CT molecular complexity index is 159. The Hall–Kier alpha value is -0.520. The van der Waals surface area contributed by atoms with E-state index in [1.165, 1.54) is 0 Å². The highest BCUT2D eigenvalue weighted by Gasteiger charge is 2.45. The lowest BCUT2D eigenvalue weighted by molar-refractivity contribution is 0.131. The molecule has 0 saturated carbocycles. The van der Waals surface area contributed by atoms with Crippen molar-refractivity contribution >= 4 is 0 Å². The van der Waals surface area contributed by atoms with Gasteiger partial charge in [0.1, 0.15) is 11.7 Å². The van der Waals surface area contributed by atoms with E-state index in [0.29, 0.717) is 6.61 Å². The predicted molar refractivity (Wildman–Crippen MR) is 33.8 cm³/mol. The fourth-order valence-corrected chi connectivity index (χ4v) is 0.561. The molecule has 1 rings (SSSR count). The van der Waals surface area contributed by atoms with E-state index in [1.54, 1.807) is 6.92 Å². The molecule has 2 heteroatoms. The maximum absolute atomic E-state index is 9.15. The van der Waals surface area contributed by atoms with E-state index >= 15 is 0 Å². The van der Waals surface area contributed by atoms with E-state index in [2.05, 4.69) is 11.8 Å². The molecule has 1 N–H and O–H groups in total. The first-order valence-electron chi connectivity index (χ1n) is 2.93. The van der Waals surface area contributed by atoms with Gasteiger partial charge in [0.15, 0.2) is 0 Å². The molecule has 50 valence electrons. The number of rotatable bonds is 1. The summed E-state index contributed by atoms with van der Waals surface area (Å²) >= 11 is 0. The maximum Gasteiger partial charge on any atom is 0.145 e. The molecule has 2 nitrogen and oxygen atoms in total. The molecule has 0 radical (unpaired) electrons. The van der Waals surface area contributed by atoms with Gasteiger partial charge >= 0.3 is 0 Å². The van der Waals surface area contributed by atoms with Gasteiger partial charge < -0.3 is 9.84 Å². The molecule has 0 aliphatic carbocycles. The minimum Gasteiger partial charge on any atom is -0.377 e. The number of hydrogen-bond acceptors (Lipinski definition) is 2. The summed E-state index contributed by atoms with van der Waals surface area (Å²) in [6.07, 6.45) is -0.609. The first-order valence-corrected chi connectivity index (χ1v) is 2.93. The second-order valence-electron chi connectivity index (χ2n) is 2.40. The largest absolute Gasteiger partial charge is 0.377 e. The lowest BCUT2D eigenvalue weighted by Crippen LogP contribution is -2.24. The van der Waals surface area contributed by atoms with Crippen molar-refractivity contribution in [3.63, 3.8) is 0 Å². The summed E-state index contributed by atoms with van der Waals surface area (Å²) < 4.78 is 4.96. The van der Waals surface area contributed by atoms with Crippen LogP contribution in [0.3, 0.4) is 0 Å². The summed E-state index contributed by atoms with van der Waals surface area (Å²) in [6.45, 7) is 4.18. The number of aliphatic hydroxyl groups excluding tert-OH is 1. The van der Waals surface area contributed by atoms with Gasteiger partial charge in [-0.05, 0) is 13.8 Å². The molecular weight excluding hydrogens is 116 g/mol. The Labute approximate surface area is 54.8 Å². The lowest BCUT2D eigenvalue weighted by Gasteiger charge is -2.05. The third-order valence-corrected chi connectivity index (χ3v) is 1.46. The van der Waals surface area contributed by atoms with E-state index in [1.807, 2.05) is 6.92 Å². The average molecular weight is 126 g/mol. The van der Waals surface area contributed by atoms with E-state index in [-0.39, 0.29) is 5.60 Å². The zero-order valence-electron chi connectivity index (χ0n) is 5.64. The van der Waals surface area contributed by atoms with Crippen molar-refractivity contribution in [2.75, 3.05) is 6.61 Å². The van der Waals surface area contributed by atoms with Crippen LogP contribution in [0.1, 0.15) is 13.8 Å². The molecule has 9 heavy (non-hydrogen) atoms. The van der Waals surface area contributed by atoms with Crippen LogP contribution >= 0.6 is 0 Å². The van der Waals surface area contributed by atoms with Gasteiger partial charge in [-0.2, -0.15) is 0 Å². The fraction of sp³-hybridized carbons (Fsp3) is 0.714. The van der Waals surface area contributed by atoms with Crippen LogP contribution < -0.4 is 0 Å². The number of aliphatic hydroxyl groups is 1. The van der Waals surface area contributed by atoms with Crippen molar-refractivity contribution in [2.24, 2.45) is 0 Å². The van der Waals surface area contributed by atoms with Crippen LogP contribution in [0.15, 0.2) is 0 Å². The first kappa shape index (κ1) is 6.60. The number of epoxide rings is 1. The number of ether oxygens (including phenoxy) is 1. The zero-order valence-corrected chi connectivity index (χ0v) is 5.64. The maximum atomic E-state index is 9.15. The molecule has 1 aliphatic rings. The Morgan fingerprint density at radius 3 is 2.67 bits per heavy atom. The van der Waals surface area contributed by atoms with Crippen molar-refractivity contribution in [2.45, 2.75) is 25.6 Å². The second kappa shape index (κ2) is 2.02. The molecule has 0 bridgehead atoms. The Morgan fingerprint density at radius 1 is 1.78 bits per heavy atom. The molecule has 2 atom stereocenters. The Balaban J connectivity index is 2.48. The summed E-state index contributed by atoms with van der Waals surface area (Å²) in [7, 11) is 0. The van der Waals surface area contributed by atoms with Crippen LogP contribution in [0, 0.1) is 11.8 Å². The van der Waals surface area contributed by atoms with Crippen LogP contribution in [-0.4, -0.2) is 23.4 Å². The van der Waals surface area contributed by atoms with Gasteiger partial charge in [-0.1, -0.05) is 5.92 Å². The zero-order chi connectivity index (χ0) is 6.91. The predicted octanol–water partition coefficient (Wildman–Crippen LogP) is 0.159. The van der Waals surface area contributed by atoms with E-state index in [9.17, 15) is 0 Å². The summed E-state index contributed by atoms with van der Waals surface area (Å²) in [5, 5.41) is 9.15. The van der Waals surface area contributed by atoms with E-state index in [4.69, 9.17) is 9.84 Å². The van der Waals surface area contributed by atoms with Gasteiger partial charge in [-0.25, -0.2) is 0 Å². The summed E-state index contributed by atoms with van der Waals surface area (Å²) in [6, 6.07) is 0. The summed E-state index contributed by atoms with van der Waals surface area (Å²) in [5.74, 6) is 5.26. The molecule has 1 heterocycles. The smallest absolute Gasteiger partial charge is 0.145 e. The normalized spacial score (nSPS) is 34.6. The Morgan fingerprint density at radius 2 is 2.33 bits per heavy atom. The van der Waals surface area contributed by atoms with Crippen LogP contribution in [0.25, 0.3) is 0 Å². The molecule has 0 aromatic carbocycles. The highest BCUT2D eigenvalue weighted by molar-refractivity contribution is 5.13. The van der Waals surface area contributed by atoms with Crippen LogP contribution in [-0.2, 0) is 4.74 Å². The van der Waals surface area contributed by atoms with Crippen molar-refractivity contribution in [1.29, 1.82) is 0 Å². The second-order valence-corrected chi connectivity index (χ2v) is 2.40. The average Bonchev–Trinajstić information content (AvgIpc) is 2.50. The molecule has 1 saturated heterocycles. The quantitative estimate of drug-likeness (QED) is 0.401. The Kier molecular flexibility index (Phi) is 1.48. The van der Waals surface area contributed by atoms with Crippen molar-refractivity contribution in [3.8, 4) is 11.8 Å². The van der Waals surface area contributed by atoms with Crippen molar-refractivity contribution in [1.82, 2.24) is 0 Å². The molecule has 0 aromatic heterocycles. The highest BCUT2D eigenvalue weighted by Crippen LogP contribution is 2.29. The third-order valence-electron chi connectivity index (χ3n) is 1.46. The minimum atomic E-state index is -0.609. The van der Waals surface area contributed by atoms with Gasteiger partial charge in [0.05, 0.1) is 6.61 Å². The SMILES string of the molecule is CC#CC(O)C1(C)CO1. The summed E-state index contributed by atoms with van der Waals surface area (Å²) in [4.78, 5) is 0. The highest BCUT2D eigenvalue weighted by atomic mass is 16.6. The molecule has 2 unspecified atom stereocenters. The van der Waals surface area contributed by atoms with Crippen LogP contribution in [0.4, 0.5) is 0 Å².